The Morgan fingerprint density at radius 3 is 2.48 bits per heavy atom. The largest absolute Gasteiger partial charge is 0.458 e. The molecule has 1 aromatic heterocycles. The third-order valence-corrected chi connectivity index (χ3v) is 9.10. The van der Waals surface area contributed by atoms with Gasteiger partial charge >= 0.3 is 12.1 Å². The van der Waals surface area contributed by atoms with Crippen LogP contribution >= 0.6 is 0 Å². The average Bonchev–Trinajstić information content (AvgIpc) is 3.75. The van der Waals surface area contributed by atoms with Gasteiger partial charge in [-0.1, -0.05) is 27.7 Å². The molecule has 0 radical (unpaired) electrons. The molecule has 2 saturated heterocycles. The van der Waals surface area contributed by atoms with E-state index in [2.05, 4.69) is 4.98 Å². The van der Waals surface area contributed by atoms with E-state index in [0.29, 0.717) is 12.0 Å². The second-order valence-corrected chi connectivity index (χ2v) is 12.2. The van der Waals surface area contributed by atoms with Crippen LogP contribution in [-0.4, -0.2) is 68.2 Å². The molecule has 1 saturated carbocycles. The molecule has 3 heterocycles. The molecule has 3 N–H and O–H groups in total. The number of Topliss-reactive ketones (excluding diaryl/α,β-unsaturated/α-hetero) is 1. The highest BCUT2D eigenvalue weighted by molar-refractivity contribution is 5.88. The molecule has 224 valence electrons. The molecule has 0 aromatic carbocycles. The summed E-state index contributed by atoms with van der Waals surface area (Å²) in [5.74, 6) is -3.23. The molecule has 4 unspecified atom stereocenters. The average molecular weight is 574 g/mol. The topological polar surface area (TPSA) is 143 Å². The monoisotopic (exact) mass is 573 g/mol. The standard InChI is InChI=1S/C28H38F3NO8/c1-13(6-17-12-38-22(11-33)32-17)19-8-21-27(40-21,28(29,30)31)10-16-7-18(16)14(2)24(36)15(3)25(37)26(4,5)20(34)9-23(35)39-19/h6,12,14-16,18-21,24,33-34,36H,7-11H2,1-5H3/b13-6+/t14-,15+,16?,18?,19-,20-,21?,24-,27?/m0/s1. The SMILES string of the molecule is C/C(=C\c1coc(CO)n1)[C@@H]1CC2OC2(C(F)(F)F)CC2CC2[C@H](C)[C@H](O)[C@@H](C)C(=O)C(C)(C)[C@@H](O)CC(=O)O1. The molecular formula is C28H38F3NO8. The van der Waals surface area contributed by atoms with Crippen LogP contribution in [0.3, 0.4) is 0 Å². The number of fused-ring (bicyclic) bond motifs is 2. The Morgan fingerprint density at radius 1 is 1.20 bits per heavy atom. The number of aliphatic hydroxyl groups excluding tert-OH is 3. The van der Waals surface area contributed by atoms with Crippen molar-refractivity contribution in [2.45, 2.75) is 103 Å². The first kappa shape index (κ1) is 30.7. The van der Waals surface area contributed by atoms with Gasteiger partial charge in [-0.15, -0.1) is 0 Å². The van der Waals surface area contributed by atoms with E-state index in [1.54, 1.807) is 13.8 Å². The van der Waals surface area contributed by atoms with E-state index >= 15 is 0 Å². The van der Waals surface area contributed by atoms with Crippen molar-refractivity contribution in [2.24, 2.45) is 29.1 Å². The Labute approximate surface area is 230 Å². The molecule has 2 aliphatic heterocycles. The molecule has 1 aliphatic carbocycles. The minimum absolute atomic E-state index is 0.0400. The summed E-state index contributed by atoms with van der Waals surface area (Å²) in [5, 5.41) is 31.0. The van der Waals surface area contributed by atoms with Crippen molar-refractivity contribution in [3.63, 3.8) is 0 Å². The van der Waals surface area contributed by atoms with Crippen molar-refractivity contribution >= 4 is 17.8 Å². The highest BCUT2D eigenvalue weighted by Gasteiger charge is 2.74. The van der Waals surface area contributed by atoms with Crippen LogP contribution in [0.5, 0.6) is 0 Å². The summed E-state index contributed by atoms with van der Waals surface area (Å²) in [6.45, 7) is 7.36. The van der Waals surface area contributed by atoms with Crippen LogP contribution in [0.15, 0.2) is 16.3 Å². The molecule has 0 bridgehead atoms. The number of nitrogens with zero attached hydrogens (tertiary/aromatic N) is 1. The number of aliphatic hydroxyl groups is 3. The van der Waals surface area contributed by atoms with Gasteiger partial charge in [-0.3, -0.25) is 9.59 Å². The fourth-order valence-corrected chi connectivity index (χ4v) is 6.09. The second kappa shape index (κ2) is 10.8. The Morgan fingerprint density at radius 2 is 1.88 bits per heavy atom. The van der Waals surface area contributed by atoms with Crippen molar-refractivity contribution in [3.05, 3.63) is 23.4 Å². The molecule has 12 heteroatoms. The van der Waals surface area contributed by atoms with Gasteiger partial charge in [0.1, 0.15) is 36.6 Å². The summed E-state index contributed by atoms with van der Waals surface area (Å²) in [5.41, 5.74) is -3.16. The van der Waals surface area contributed by atoms with E-state index in [-0.39, 0.29) is 36.3 Å². The number of alkyl halides is 3. The number of carbonyl (C=O) groups excluding carboxylic acids is 2. The molecule has 9 nitrogen and oxygen atoms in total. The Hall–Kier alpha value is -2.28. The molecule has 0 amide bonds. The normalized spacial score (nSPS) is 39.2. The molecular weight excluding hydrogens is 535 g/mol. The Bertz CT molecular complexity index is 1150. The van der Waals surface area contributed by atoms with E-state index in [1.165, 1.54) is 33.1 Å². The summed E-state index contributed by atoms with van der Waals surface area (Å²) in [7, 11) is 0. The predicted molar refractivity (Wildman–Crippen MR) is 134 cm³/mol. The molecule has 3 fully saturated rings. The van der Waals surface area contributed by atoms with Crippen molar-refractivity contribution in [1.82, 2.24) is 4.98 Å². The maximum atomic E-state index is 14.3. The first-order chi connectivity index (χ1) is 18.5. The summed E-state index contributed by atoms with van der Waals surface area (Å²) in [6, 6.07) is 0. The first-order valence-corrected chi connectivity index (χ1v) is 13.6. The van der Waals surface area contributed by atoms with Crippen LogP contribution in [-0.2, 0) is 25.7 Å². The highest BCUT2D eigenvalue weighted by atomic mass is 19.4. The number of esters is 1. The van der Waals surface area contributed by atoms with Gasteiger partial charge < -0.3 is 29.2 Å². The van der Waals surface area contributed by atoms with Crippen LogP contribution in [0.4, 0.5) is 13.2 Å². The number of ketones is 1. The van der Waals surface area contributed by atoms with E-state index in [1.807, 2.05) is 0 Å². The summed E-state index contributed by atoms with van der Waals surface area (Å²) >= 11 is 0. The third kappa shape index (κ3) is 5.86. The van der Waals surface area contributed by atoms with Crippen molar-refractivity contribution < 1.29 is 52.0 Å². The van der Waals surface area contributed by atoms with Gasteiger partial charge in [-0.2, -0.15) is 13.2 Å². The molecule has 9 atom stereocenters. The number of rotatable bonds is 3. The van der Waals surface area contributed by atoms with Crippen LogP contribution in [0.1, 0.15) is 71.9 Å². The Kier molecular flexibility index (Phi) is 8.32. The number of aromatic nitrogens is 1. The lowest BCUT2D eigenvalue weighted by Gasteiger charge is -2.34. The molecule has 1 aromatic rings. The number of cyclic esters (lactones) is 1. The predicted octanol–water partition coefficient (Wildman–Crippen LogP) is 3.59. The summed E-state index contributed by atoms with van der Waals surface area (Å²) in [6.07, 6.45) is -7.63. The summed E-state index contributed by atoms with van der Waals surface area (Å²) in [4.78, 5) is 30.3. The zero-order chi connectivity index (χ0) is 29.8. The van der Waals surface area contributed by atoms with E-state index < -0.39 is 78.2 Å². The molecule has 4 rings (SSSR count). The zero-order valence-electron chi connectivity index (χ0n) is 23.3. The van der Waals surface area contributed by atoms with E-state index in [9.17, 15) is 38.1 Å². The van der Waals surface area contributed by atoms with Gasteiger partial charge in [-0.05, 0) is 49.2 Å². The van der Waals surface area contributed by atoms with Crippen molar-refractivity contribution in [3.8, 4) is 0 Å². The van der Waals surface area contributed by atoms with Crippen LogP contribution in [0.25, 0.3) is 6.08 Å². The number of hydrogen-bond donors (Lipinski definition) is 3. The number of oxazole rings is 1. The third-order valence-electron chi connectivity index (χ3n) is 9.10. The fourth-order valence-electron chi connectivity index (χ4n) is 6.09. The lowest BCUT2D eigenvalue weighted by molar-refractivity contribution is -0.187. The maximum Gasteiger partial charge on any atom is 0.420 e. The number of carbonyl (C=O) groups is 2. The molecule has 3 aliphatic rings. The quantitative estimate of drug-likeness (QED) is 0.365. The maximum absolute atomic E-state index is 14.3. The number of epoxide rings is 1. The second-order valence-electron chi connectivity index (χ2n) is 12.2. The van der Waals surface area contributed by atoms with Crippen LogP contribution in [0.2, 0.25) is 0 Å². The number of hydrogen-bond acceptors (Lipinski definition) is 9. The van der Waals surface area contributed by atoms with Gasteiger partial charge in [0.2, 0.25) is 5.89 Å². The number of ether oxygens (including phenoxy) is 2. The van der Waals surface area contributed by atoms with E-state index in [4.69, 9.17) is 13.9 Å². The minimum atomic E-state index is -4.67. The highest BCUT2D eigenvalue weighted by Crippen LogP contribution is 2.61. The Balaban J connectivity index is 1.66. The lowest BCUT2D eigenvalue weighted by Crippen LogP contribution is -2.46. The molecule has 0 spiro atoms. The van der Waals surface area contributed by atoms with Crippen molar-refractivity contribution in [2.75, 3.05) is 0 Å². The van der Waals surface area contributed by atoms with Gasteiger partial charge in [0.15, 0.2) is 5.60 Å². The van der Waals surface area contributed by atoms with Crippen molar-refractivity contribution in [1.29, 1.82) is 0 Å². The smallest absolute Gasteiger partial charge is 0.420 e. The van der Waals surface area contributed by atoms with Gasteiger partial charge in [0.25, 0.3) is 0 Å². The van der Waals surface area contributed by atoms with Crippen LogP contribution < -0.4 is 0 Å². The van der Waals surface area contributed by atoms with Gasteiger partial charge in [-0.25, -0.2) is 4.98 Å². The zero-order valence-corrected chi connectivity index (χ0v) is 23.3. The first-order valence-electron chi connectivity index (χ1n) is 13.6. The summed E-state index contributed by atoms with van der Waals surface area (Å²) < 4.78 is 59.1. The van der Waals surface area contributed by atoms with Gasteiger partial charge in [0, 0.05) is 12.3 Å². The number of halogens is 3. The molecule has 40 heavy (non-hydrogen) atoms. The van der Waals surface area contributed by atoms with E-state index in [0.717, 1.165) is 0 Å². The van der Waals surface area contributed by atoms with Crippen LogP contribution in [0, 0.1) is 29.1 Å². The minimum Gasteiger partial charge on any atom is -0.458 e. The fraction of sp³-hybridized carbons (Fsp3) is 0.750. The van der Waals surface area contributed by atoms with Gasteiger partial charge in [0.05, 0.1) is 24.0 Å². The lowest BCUT2D eigenvalue weighted by atomic mass is 9.72.